The molecular weight excluding hydrogens is 363 g/mol. The summed E-state index contributed by atoms with van der Waals surface area (Å²) in [5, 5.41) is -1.27. The van der Waals surface area contributed by atoms with E-state index in [2.05, 4.69) is 20.7 Å². The predicted octanol–water partition coefficient (Wildman–Crippen LogP) is 1.54. The van der Waals surface area contributed by atoms with Crippen molar-refractivity contribution >= 4 is 61.6 Å². The van der Waals surface area contributed by atoms with Gasteiger partial charge in [-0.25, -0.2) is 4.79 Å². The van der Waals surface area contributed by atoms with Crippen molar-refractivity contribution in [2.45, 2.75) is 12.2 Å². The number of ether oxygens (including phenoxy) is 2. The second kappa shape index (κ2) is 7.77. The standard InChI is InChI=1S/C11H13BrO6S.Na.H/c1-6(19(14,15)16)7-4-5-8(12)10(17-2)9(7)11(13)18-3;;/h4-6H,1-3H3,(H,14,15,16);;. The molecule has 108 valence electrons. The fraction of sp³-hybridized carbons (Fsp3) is 0.364. The van der Waals surface area contributed by atoms with Crippen molar-refractivity contribution in [3.63, 3.8) is 0 Å². The molecule has 0 amide bonds. The van der Waals surface area contributed by atoms with Crippen LogP contribution >= 0.6 is 15.9 Å². The average molecular weight is 377 g/mol. The third-order valence-electron chi connectivity index (χ3n) is 2.62. The quantitative estimate of drug-likeness (QED) is 0.487. The van der Waals surface area contributed by atoms with Crippen LogP contribution in [0.3, 0.4) is 0 Å². The van der Waals surface area contributed by atoms with Crippen LogP contribution < -0.4 is 4.74 Å². The summed E-state index contributed by atoms with van der Waals surface area (Å²) in [4.78, 5) is 11.8. The molecule has 0 aliphatic rings. The molecule has 0 aliphatic heterocycles. The first-order chi connectivity index (χ1) is 8.73. The van der Waals surface area contributed by atoms with Gasteiger partial charge in [0.15, 0.2) is 0 Å². The van der Waals surface area contributed by atoms with Gasteiger partial charge in [0.1, 0.15) is 16.6 Å². The molecule has 0 aromatic heterocycles. The van der Waals surface area contributed by atoms with Crippen LogP contribution in [0.5, 0.6) is 5.75 Å². The number of esters is 1. The fourth-order valence-corrected chi connectivity index (χ4v) is 2.59. The molecule has 20 heavy (non-hydrogen) atoms. The van der Waals surface area contributed by atoms with E-state index in [0.29, 0.717) is 4.47 Å². The molecule has 6 nitrogen and oxygen atoms in total. The molecule has 9 heteroatoms. The Labute approximate surface area is 148 Å². The van der Waals surface area contributed by atoms with Crippen LogP contribution in [-0.4, -0.2) is 62.7 Å². The van der Waals surface area contributed by atoms with Gasteiger partial charge >= 0.3 is 35.5 Å². The summed E-state index contributed by atoms with van der Waals surface area (Å²) in [6, 6.07) is 2.94. The molecule has 1 atom stereocenters. The molecule has 0 fully saturated rings. The Bertz CT molecular complexity index is 601. The number of carbonyl (C=O) groups excluding carboxylic acids is 1. The van der Waals surface area contributed by atoms with Crippen molar-refractivity contribution in [1.29, 1.82) is 0 Å². The van der Waals surface area contributed by atoms with Crippen LogP contribution in [0.15, 0.2) is 16.6 Å². The molecule has 0 aliphatic carbocycles. The van der Waals surface area contributed by atoms with E-state index >= 15 is 0 Å². The molecule has 1 aromatic rings. The van der Waals surface area contributed by atoms with Gasteiger partial charge in [-0.05, 0) is 34.5 Å². The first kappa shape index (κ1) is 19.9. The van der Waals surface area contributed by atoms with Gasteiger partial charge in [-0.2, -0.15) is 8.42 Å². The molecule has 0 saturated heterocycles. The van der Waals surface area contributed by atoms with Gasteiger partial charge in [0.05, 0.1) is 18.7 Å². The molecule has 1 unspecified atom stereocenters. The third kappa shape index (κ3) is 4.19. The van der Waals surface area contributed by atoms with Gasteiger partial charge in [0, 0.05) is 0 Å². The van der Waals surface area contributed by atoms with E-state index in [1.165, 1.54) is 33.3 Å². The van der Waals surface area contributed by atoms with Crippen LogP contribution in [0.4, 0.5) is 0 Å². The van der Waals surface area contributed by atoms with Gasteiger partial charge in [-0.3, -0.25) is 4.55 Å². The number of carbonyl (C=O) groups is 1. The normalized spacial score (nSPS) is 12.2. The van der Waals surface area contributed by atoms with E-state index in [1.807, 2.05) is 0 Å². The Morgan fingerprint density at radius 2 is 1.90 bits per heavy atom. The van der Waals surface area contributed by atoms with Gasteiger partial charge < -0.3 is 9.47 Å². The number of methoxy groups -OCH3 is 2. The molecule has 0 saturated carbocycles. The zero-order valence-corrected chi connectivity index (χ0v) is 12.9. The number of benzene rings is 1. The summed E-state index contributed by atoms with van der Waals surface area (Å²) in [5.41, 5.74) is 0.0684. The number of rotatable bonds is 4. The number of hydrogen-bond donors (Lipinski definition) is 1. The summed E-state index contributed by atoms with van der Waals surface area (Å²) in [6.45, 7) is 1.27. The SMILES string of the molecule is COC(=O)c1c(C(C)S(=O)(=O)O)ccc(Br)c1OC.[NaH]. The van der Waals surface area contributed by atoms with Crippen molar-refractivity contribution in [3.8, 4) is 5.75 Å². The molecular formula is C11H14BrNaO6S. The van der Waals surface area contributed by atoms with Crippen molar-refractivity contribution in [2.24, 2.45) is 0 Å². The van der Waals surface area contributed by atoms with E-state index in [4.69, 9.17) is 9.29 Å². The summed E-state index contributed by atoms with van der Waals surface area (Å²) in [6.07, 6.45) is 0. The zero-order chi connectivity index (χ0) is 14.8. The molecule has 1 aromatic carbocycles. The van der Waals surface area contributed by atoms with Gasteiger partial charge in [0.25, 0.3) is 10.1 Å². The molecule has 1 N–H and O–H groups in total. The Morgan fingerprint density at radius 3 is 2.30 bits per heavy atom. The topological polar surface area (TPSA) is 89.9 Å². The number of hydrogen-bond acceptors (Lipinski definition) is 5. The Hall–Kier alpha value is -0.120. The van der Waals surface area contributed by atoms with E-state index in [1.54, 1.807) is 0 Å². The Morgan fingerprint density at radius 1 is 1.35 bits per heavy atom. The minimum absolute atomic E-state index is 0. The average Bonchev–Trinajstić information content (AvgIpc) is 2.35. The first-order valence-electron chi connectivity index (χ1n) is 5.15. The van der Waals surface area contributed by atoms with E-state index < -0.39 is 21.3 Å². The molecule has 0 spiro atoms. The van der Waals surface area contributed by atoms with Crippen molar-refractivity contribution in [1.82, 2.24) is 0 Å². The molecule has 0 bridgehead atoms. The van der Waals surface area contributed by atoms with Crippen LogP contribution in [0.1, 0.15) is 28.1 Å². The number of halogens is 1. The summed E-state index contributed by atoms with van der Waals surface area (Å²) >= 11 is 3.19. The van der Waals surface area contributed by atoms with Crippen molar-refractivity contribution in [2.75, 3.05) is 14.2 Å². The van der Waals surface area contributed by atoms with Gasteiger partial charge in [-0.15, -0.1) is 0 Å². The van der Waals surface area contributed by atoms with Crippen molar-refractivity contribution in [3.05, 3.63) is 27.7 Å². The van der Waals surface area contributed by atoms with E-state index in [-0.39, 0.29) is 46.4 Å². The van der Waals surface area contributed by atoms with Crippen LogP contribution in [0.25, 0.3) is 0 Å². The maximum absolute atomic E-state index is 11.8. The fourth-order valence-electron chi connectivity index (χ4n) is 1.58. The monoisotopic (exact) mass is 376 g/mol. The molecule has 0 heterocycles. The Kier molecular flexibility index (Phi) is 7.72. The maximum atomic E-state index is 11.8. The van der Waals surface area contributed by atoms with Gasteiger partial charge in [0.2, 0.25) is 0 Å². The second-order valence-corrected chi connectivity index (χ2v) is 6.29. The zero-order valence-electron chi connectivity index (χ0n) is 10.5. The van der Waals surface area contributed by atoms with E-state index in [0.717, 1.165) is 0 Å². The summed E-state index contributed by atoms with van der Waals surface area (Å²) in [5.74, 6) is -0.594. The van der Waals surface area contributed by atoms with Crippen LogP contribution in [0.2, 0.25) is 0 Å². The van der Waals surface area contributed by atoms with Crippen molar-refractivity contribution < 1.29 is 27.2 Å². The molecule has 0 radical (unpaired) electrons. The first-order valence-corrected chi connectivity index (χ1v) is 7.44. The van der Waals surface area contributed by atoms with E-state index in [9.17, 15) is 13.2 Å². The summed E-state index contributed by atoms with van der Waals surface area (Å²) < 4.78 is 41.8. The van der Waals surface area contributed by atoms with Crippen LogP contribution in [0, 0.1) is 0 Å². The predicted molar refractivity (Wildman–Crippen MR) is 79.1 cm³/mol. The Balaban J connectivity index is 0.00000361. The third-order valence-corrected chi connectivity index (χ3v) is 4.39. The summed E-state index contributed by atoms with van der Waals surface area (Å²) in [7, 11) is -1.82. The molecule has 1 rings (SSSR count). The second-order valence-electron chi connectivity index (χ2n) is 3.69. The van der Waals surface area contributed by atoms with Crippen LogP contribution in [-0.2, 0) is 14.9 Å². The minimum atomic E-state index is -4.34. The van der Waals surface area contributed by atoms with Gasteiger partial charge in [-0.1, -0.05) is 6.07 Å².